The summed E-state index contributed by atoms with van der Waals surface area (Å²) in [5.74, 6) is -0.414. The highest BCUT2D eigenvalue weighted by molar-refractivity contribution is 6.03. The Kier molecular flexibility index (Phi) is 5.14. The van der Waals surface area contributed by atoms with Crippen molar-refractivity contribution in [2.24, 2.45) is 5.10 Å². The molecule has 3 aromatic rings. The Morgan fingerprint density at radius 3 is 2.32 bits per heavy atom. The van der Waals surface area contributed by atoms with Crippen LogP contribution in [0, 0.1) is 13.8 Å². The molecule has 8 nitrogen and oxygen atoms in total. The number of benzene rings is 2. The third kappa shape index (κ3) is 3.84. The molecule has 1 aromatic heterocycles. The summed E-state index contributed by atoms with van der Waals surface area (Å²) in [5, 5.41) is 15.2. The van der Waals surface area contributed by atoms with Gasteiger partial charge in [0.2, 0.25) is 5.88 Å². The standard InChI is InChI=1S/C23H25N5O3/c1-13-9-14(2)11-17(10-13)28-22(30)20(21(29)24-23(28)31)19-12-18(25-26-19)15-5-7-16(8-6-15)27(3)4/h5-11,18,25,30H,12H2,1-4H3,(H,24,29,31)/t18-/m1/s1. The molecule has 1 aliphatic heterocycles. The van der Waals surface area contributed by atoms with Crippen molar-refractivity contribution in [1.29, 1.82) is 0 Å². The number of aromatic amines is 1. The van der Waals surface area contributed by atoms with Crippen molar-refractivity contribution in [3.8, 4) is 11.6 Å². The van der Waals surface area contributed by atoms with Crippen LogP contribution in [0.4, 0.5) is 5.69 Å². The summed E-state index contributed by atoms with van der Waals surface area (Å²) >= 11 is 0. The first-order valence-electron chi connectivity index (χ1n) is 10.0. The zero-order chi connectivity index (χ0) is 22.3. The average Bonchev–Trinajstić information content (AvgIpc) is 3.16. The molecule has 2 aromatic carbocycles. The number of aryl methyl sites for hydroxylation is 2. The lowest BCUT2D eigenvalue weighted by atomic mass is 9.99. The molecule has 1 aliphatic rings. The van der Waals surface area contributed by atoms with Gasteiger partial charge in [-0.3, -0.25) is 9.78 Å². The molecule has 0 radical (unpaired) electrons. The Labute approximate surface area is 179 Å². The van der Waals surface area contributed by atoms with Gasteiger partial charge in [-0.15, -0.1) is 0 Å². The van der Waals surface area contributed by atoms with Crippen LogP contribution in [0.3, 0.4) is 0 Å². The van der Waals surface area contributed by atoms with E-state index in [-0.39, 0.29) is 11.6 Å². The van der Waals surface area contributed by atoms with Crippen molar-refractivity contribution < 1.29 is 5.11 Å². The van der Waals surface area contributed by atoms with Gasteiger partial charge in [0.05, 0.1) is 17.4 Å². The van der Waals surface area contributed by atoms with Crippen LogP contribution in [-0.2, 0) is 0 Å². The first-order chi connectivity index (χ1) is 14.7. The minimum atomic E-state index is -0.696. The molecular formula is C23H25N5O3. The summed E-state index contributed by atoms with van der Waals surface area (Å²) < 4.78 is 1.11. The van der Waals surface area contributed by atoms with E-state index in [4.69, 9.17) is 0 Å². The van der Waals surface area contributed by atoms with Crippen LogP contribution < -0.4 is 21.6 Å². The number of hydrazone groups is 1. The second-order valence-electron chi connectivity index (χ2n) is 8.07. The largest absolute Gasteiger partial charge is 0.493 e. The number of H-pyrrole nitrogens is 1. The summed E-state index contributed by atoms with van der Waals surface area (Å²) in [4.78, 5) is 29.4. The number of aromatic nitrogens is 2. The lowest BCUT2D eigenvalue weighted by Gasteiger charge is -2.15. The number of nitrogens with zero attached hydrogens (tertiary/aromatic N) is 3. The van der Waals surface area contributed by atoms with Gasteiger partial charge < -0.3 is 15.4 Å². The highest BCUT2D eigenvalue weighted by Crippen LogP contribution is 2.28. The highest BCUT2D eigenvalue weighted by atomic mass is 16.3. The molecule has 0 spiro atoms. The van der Waals surface area contributed by atoms with Crippen LogP contribution in [0.15, 0.2) is 57.2 Å². The van der Waals surface area contributed by atoms with Gasteiger partial charge in [-0.25, -0.2) is 9.36 Å². The van der Waals surface area contributed by atoms with Gasteiger partial charge in [0.25, 0.3) is 5.56 Å². The third-order valence-electron chi connectivity index (χ3n) is 5.40. The summed E-state index contributed by atoms with van der Waals surface area (Å²) in [6, 6.07) is 13.4. The lowest BCUT2D eigenvalue weighted by Crippen LogP contribution is -2.33. The number of aromatic hydroxyl groups is 1. The van der Waals surface area contributed by atoms with E-state index < -0.39 is 17.1 Å². The molecule has 0 unspecified atom stereocenters. The van der Waals surface area contributed by atoms with E-state index in [1.54, 1.807) is 12.1 Å². The molecule has 160 valence electrons. The molecular weight excluding hydrogens is 394 g/mol. The maximum Gasteiger partial charge on any atom is 0.335 e. The van der Waals surface area contributed by atoms with E-state index in [1.807, 2.05) is 63.2 Å². The molecule has 0 fully saturated rings. The molecule has 8 heteroatoms. The zero-order valence-corrected chi connectivity index (χ0v) is 17.9. The molecule has 0 saturated heterocycles. The van der Waals surface area contributed by atoms with Crippen molar-refractivity contribution in [2.45, 2.75) is 26.3 Å². The van der Waals surface area contributed by atoms with Crippen LogP contribution in [0.1, 0.15) is 34.7 Å². The Morgan fingerprint density at radius 1 is 1.06 bits per heavy atom. The molecule has 2 heterocycles. The van der Waals surface area contributed by atoms with Gasteiger partial charge in [-0.2, -0.15) is 5.10 Å². The van der Waals surface area contributed by atoms with Crippen LogP contribution in [0.2, 0.25) is 0 Å². The fourth-order valence-electron chi connectivity index (χ4n) is 3.90. The number of anilines is 1. The molecule has 0 amide bonds. The number of hydrogen-bond donors (Lipinski definition) is 3. The molecule has 0 aliphatic carbocycles. The van der Waals surface area contributed by atoms with E-state index in [2.05, 4.69) is 15.5 Å². The molecule has 3 N–H and O–H groups in total. The second kappa shape index (κ2) is 7.79. The van der Waals surface area contributed by atoms with E-state index in [0.717, 1.165) is 26.9 Å². The van der Waals surface area contributed by atoms with E-state index in [0.29, 0.717) is 17.8 Å². The smallest absolute Gasteiger partial charge is 0.335 e. The summed E-state index contributed by atoms with van der Waals surface area (Å²) in [7, 11) is 3.95. The Balaban J connectivity index is 1.70. The summed E-state index contributed by atoms with van der Waals surface area (Å²) in [6.45, 7) is 3.81. The average molecular weight is 419 g/mol. The van der Waals surface area contributed by atoms with Gasteiger partial charge >= 0.3 is 5.69 Å². The molecule has 1 atom stereocenters. The summed E-state index contributed by atoms with van der Waals surface area (Å²) in [5.41, 5.74) is 6.55. The third-order valence-corrected chi connectivity index (χ3v) is 5.40. The van der Waals surface area contributed by atoms with Gasteiger partial charge in [-0.05, 0) is 54.8 Å². The van der Waals surface area contributed by atoms with Gasteiger partial charge in [0, 0.05) is 26.2 Å². The minimum Gasteiger partial charge on any atom is -0.493 e. The van der Waals surface area contributed by atoms with Crippen LogP contribution in [0.25, 0.3) is 5.69 Å². The highest BCUT2D eigenvalue weighted by Gasteiger charge is 2.27. The molecule has 4 rings (SSSR count). The maximum absolute atomic E-state index is 12.6. The molecule has 0 bridgehead atoms. The van der Waals surface area contributed by atoms with Gasteiger partial charge in [0.1, 0.15) is 5.56 Å². The fraction of sp³-hybridized carbons (Fsp3) is 0.261. The fourth-order valence-corrected chi connectivity index (χ4v) is 3.90. The quantitative estimate of drug-likeness (QED) is 0.602. The Bertz CT molecular complexity index is 1270. The lowest BCUT2D eigenvalue weighted by molar-refractivity contribution is 0.429. The van der Waals surface area contributed by atoms with Crippen molar-refractivity contribution in [3.05, 3.63) is 85.6 Å². The molecule has 31 heavy (non-hydrogen) atoms. The monoisotopic (exact) mass is 419 g/mol. The number of hydrogen-bond acceptors (Lipinski definition) is 6. The van der Waals surface area contributed by atoms with Crippen molar-refractivity contribution in [2.75, 3.05) is 19.0 Å². The predicted molar refractivity (Wildman–Crippen MR) is 122 cm³/mol. The van der Waals surface area contributed by atoms with E-state index >= 15 is 0 Å². The zero-order valence-electron chi connectivity index (χ0n) is 17.9. The second-order valence-corrected chi connectivity index (χ2v) is 8.07. The summed E-state index contributed by atoms with van der Waals surface area (Å²) in [6.07, 6.45) is 0.406. The van der Waals surface area contributed by atoms with Crippen molar-refractivity contribution >= 4 is 11.4 Å². The van der Waals surface area contributed by atoms with Gasteiger partial charge in [0.15, 0.2) is 0 Å². The SMILES string of the molecule is Cc1cc(C)cc(-n2c(O)c(C3=NN[C@@H](c4ccc(N(C)C)cc4)C3)c(=O)[nH]c2=O)c1. The predicted octanol–water partition coefficient (Wildman–Crippen LogP) is 2.35. The van der Waals surface area contributed by atoms with E-state index in [1.165, 1.54) is 0 Å². The Morgan fingerprint density at radius 2 is 1.71 bits per heavy atom. The first-order valence-corrected chi connectivity index (χ1v) is 10.0. The van der Waals surface area contributed by atoms with Gasteiger partial charge in [-0.1, -0.05) is 18.2 Å². The Hall–Kier alpha value is -3.81. The van der Waals surface area contributed by atoms with Crippen LogP contribution >= 0.6 is 0 Å². The first kappa shape index (κ1) is 20.5. The van der Waals surface area contributed by atoms with E-state index in [9.17, 15) is 14.7 Å². The van der Waals surface area contributed by atoms with Crippen molar-refractivity contribution in [1.82, 2.24) is 15.0 Å². The minimum absolute atomic E-state index is 0.00123. The topological polar surface area (TPSA) is 103 Å². The van der Waals surface area contributed by atoms with Crippen LogP contribution in [-0.4, -0.2) is 34.5 Å². The number of rotatable bonds is 4. The van der Waals surface area contributed by atoms with Crippen molar-refractivity contribution in [3.63, 3.8) is 0 Å². The molecule has 0 saturated carbocycles. The number of nitrogens with one attached hydrogen (secondary N) is 2. The normalized spacial score (nSPS) is 15.5. The van der Waals surface area contributed by atoms with Crippen LogP contribution in [0.5, 0.6) is 5.88 Å². The maximum atomic E-state index is 12.6.